The Kier molecular flexibility index (Phi) is 15.3. The number of nitrogens with zero attached hydrogens (tertiary/aromatic N) is 1. The quantitative estimate of drug-likeness (QED) is 0.160. The summed E-state index contributed by atoms with van der Waals surface area (Å²) in [7, 11) is 3.76. The van der Waals surface area contributed by atoms with Gasteiger partial charge in [-0.2, -0.15) is 0 Å². The molecular formula is C43H68N4O11. The smallest absolute Gasteiger partial charge is 0.408 e. The molecule has 2 amide bonds. The van der Waals surface area contributed by atoms with Gasteiger partial charge in [0, 0.05) is 36.4 Å². The number of ketones is 1. The number of likely N-dealkylation sites (N-methyl/N-ethyl adjacent to an activating group) is 1. The number of alkyl carbamates (subject to hydrolysis) is 2. The minimum absolute atomic E-state index is 0.00374. The molecule has 5 rings (SSSR count). The fourth-order valence-corrected chi connectivity index (χ4v) is 9.64. The molecule has 0 aliphatic carbocycles. The summed E-state index contributed by atoms with van der Waals surface area (Å²) >= 11 is 0. The molecule has 1 unspecified atom stereocenters. The summed E-state index contributed by atoms with van der Waals surface area (Å²) in [5.74, 6) is -3.94. The zero-order valence-corrected chi connectivity index (χ0v) is 36.0. The van der Waals surface area contributed by atoms with E-state index in [1.807, 2.05) is 58.0 Å². The van der Waals surface area contributed by atoms with Crippen molar-refractivity contribution in [1.82, 2.24) is 20.9 Å². The Bertz CT molecular complexity index is 1570. The number of esters is 1. The average molecular weight is 817 g/mol. The number of amides is 2. The SMILES string of the molecule is CC[C@H]1OC(=O)[C@H](C)[C@H]2OCC(NCCCc3ccccc3)CNC(=O)O[C@](C)(C[C@@H](C)C(=O)[C@H](C)[C@@H]3NC(=O)O[C@]13C)[C@H](O[C@@H]1O[C@H](C)C[C@H](N(C)C)[C@H]1O)[C@H]2C. The number of aliphatic hydroxyl groups excluding tert-OH is 1. The molecule has 4 saturated heterocycles. The molecule has 15 atom stereocenters. The Morgan fingerprint density at radius 2 is 1.69 bits per heavy atom. The number of cyclic esters (lactones) is 1. The Balaban J connectivity index is 1.57. The summed E-state index contributed by atoms with van der Waals surface area (Å²) in [6, 6.07) is 8.67. The molecule has 4 aliphatic heterocycles. The number of aryl methyl sites for hydroxylation is 1. The lowest BCUT2D eigenvalue weighted by Crippen LogP contribution is -2.61. The van der Waals surface area contributed by atoms with Crippen molar-refractivity contribution < 1.29 is 52.7 Å². The first-order valence-electron chi connectivity index (χ1n) is 21.1. The molecule has 1 aromatic rings. The lowest BCUT2D eigenvalue weighted by atomic mass is 9.73. The largest absolute Gasteiger partial charge is 0.458 e. The third kappa shape index (κ3) is 10.3. The van der Waals surface area contributed by atoms with Crippen LogP contribution in [0.3, 0.4) is 0 Å². The molecule has 1 aromatic carbocycles. The predicted molar refractivity (Wildman–Crippen MR) is 215 cm³/mol. The van der Waals surface area contributed by atoms with Gasteiger partial charge < -0.3 is 54.4 Å². The maximum absolute atomic E-state index is 14.5. The van der Waals surface area contributed by atoms with Crippen LogP contribution in [-0.4, -0.2) is 134 Å². The Hall–Kier alpha value is -3.34. The number of hydrogen-bond donors (Lipinski definition) is 4. The number of Topliss-reactive ketones (excluding diaryl/α,β-unsaturated/α-hetero) is 1. The summed E-state index contributed by atoms with van der Waals surface area (Å²) in [5.41, 5.74) is -1.69. The first kappa shape index (κ1) is 45.7. The van der Waals surface area contributed by atoms with E-state index in [0.717, 1.165) is 12.8 Å². The van der Waals surface area contributed by atoms with Crippen LogP contribution in [0.5, 0.6) is 0 Å². The second kappa shape index (κ2) is 19.4. The van der Waals surface area contributed by atoms with Crippen LogP contribution in [0.2, 0.25) is 0 Å². The van der Waals surface area contributed by atoms with Crippen LogP contribution in [-0.2, 0) is 44.4 Å². The summed E-state index contributed by atoms with van der Waals surface area (Å²) < 4.78 is 38.4. The normalized spacial score (nSPS) is 40.6. The van der Waals surface area contributed by atoms with E-state index in [1.165, 1.54) is 5.56 Å². The molecule has 15 nitrogen and oxygen atoms in total. The Morgan fingerprint density at radius 3 is 2.36 bits per heavy atom. The second-order valence-corrected chi connectivity index (χ2v) is 17.7. The summed E-state index contributed by atoms with van der Waals surface area (Å²) in [4.78, 5) is 57.6. The fourth-order valence-electron chi connectivity index (χ4n) is 9.64. The van der Waals surface area contributed by atoms with E-state index < -0.39 is 89.8 Å². The van der Waals surface area contributed by atoms with Gasteiger partial charge in [0.2, 0.25) is 0 Å². The van der Waals surface area contributed by atoms with Gasteiger partial charge in [-0.25, -0.2) is 9.59 Å². The van der Waals surface area contributed by atoms with Gasteiger partial charge in [0.1, 0.15) is 29.7 Å². The van der Waals surface area contributed by atoms with E-state index >= 15 is 0 Å². The highest BCUT2D eigenvalue weighted by atomic mass is 16.7. The zero-order valence-electron chi connectivity index (χ0n) is 36.0. The van der Waals surface area contributed by atoms with E-state index in [1.54, 1.807) is 34.6 Å². The molecule has 15 heteroatoms. The summed E-state index contributed by atoms with van der Waals surface area (Å²) in [6.45, 7) is 15.1. The van der Waals surface area contributed by atoms with E-state index in [9.17, 15) is 24.3 Å². The first-order chi connectivity index (χ1) is 27.4. The third-order valence-electron chi connectivity index (χ3n) is 12.9. The van der Waals surface area contributed by atoms with Crippen LogP contribution >= 0.6 is 0 Å². The molecule has 4 N–H and O–H groups in total. The highest BCUT2D eigenvalue weighted by molar-refractivity contribution is 5.85. The van der Waals surface area contributed by atoms with Crippen LogP contribution in [0.15, 0.2) is 30.3 Å². The molecule has 0 radical (unpaired) electrons. The molecular weight excluding hydrogens is 748 g/mol. The van der Waals surface area contributed by atoms with E-state index in [2.05, 4.69) is 28.1 Å². The Morgan fingerprint density at radius 1 is 0.983 bits per heavy atom. The number of benzene rings is 1. The lowest BCUT2D eigenvalue weighted by Gasteiger charge is -2.48. The van der Waals surface area contributed by atoms with Crippen LogP contribution in [0, 0.1) is 23.7 Å². The topological polar surface area (TPSA) is 183 Å². The van der Waals surface area contributed by atoms with Gasteiger partial charge in [0.05, 0.1) is 30.8 Å². The predicted octanol–water partition coefficient (Wildman–Crippen LogP) is 3.98. The first-order valence-corrected chi connectivity index (χ1v) is 21.1. The standard InChI is InChI=1S/C43H68N4O11/c1-11-32-43(8)36(46-41(52)58-43)26(4)33(48)24(2)21-42(7)37(56-39-34(49)31(47(9)10)20-25(3)54-39)27(5)35(28(6)38(50)55-32)53-23-30(22-45-40(51)57-42)44-19-15-18-29-16-13-12-14-17-29/h12-14,16-17,24-28,30-32,34-37,39,44,49H,11,15,18-23H2,1-10H3,(H,45,51)(H,46,52)/t24-,25-,26+,27+,28-,30?,31+,32-,34-,35+,36+,37-,39+,42-,43-/m1/s1. The lowest BCUT2D eigenvalue weighted by molar-refractivity contribution is -0.299. The molecule has 0 saturated carbocycles. The van der Waals surface area contributed by atoms with Crippen LogP contribution in [0.1, 0.15) is 86.6 Å². The summed E-state index contributed by atoms with van der Waals surface area (Å²) in [6.07, 6.45) is -4.25. The molecule has 326 valence electrons. The molecule has 58 heavy (non-hydrogen) atoms. The van der Waals surface area contributed by atoms with Crippen LogP contribution in [0.25, 0.3) is 0 Å². The Labute approximate surface area is 343 Å². The van der Waals surface area contributed by atoms with Gasteiger partial charge >= 0.3 is 18.2 Å². The van der Waals surface area contributed by atoms with Gasteiger partial charge in [-0.1, -0.05) is 58.0 Å². The van der Waals surface area contributed by atoms with Gasteiger partial charge in [-0.15, -0.1) is 0 Å². The van der Waals surface area contributed by atoms with E-state index in [0.29, 0.717) is 19.4 Å². The van der Waals surface area contributed by atoms with Crippen molar-refractivity contribution in [2.45, 2.75) is 154 Å². The number of carbonyl (C=O) groups excluding carboxylic acids is 4. The van der Waals surface area contributed by atoms with Gasteiger partial charge in [-0.3, -0.25) is 9.59 Å². The van der Waals surface area contributed by atoms with Crippen LogP contribution in [0.4, 0.5) is 9.59 Å². The van der Waals surface area contributed by atoms with Crippen molar-refractivity contribution >= 4 is 23.9 Å². The van der Waals surface area contributed by atoms with Crippen molar-refractivity contribution in [3.05, 3.63) is 35.9 Å². The minimum atomic E-state index is -1.54. The number of aliphatic hydroxyl groups is 1. The number of fused-ring (bicyclic) bond motifs is 4. The number of ether oxygens (including phenoxy) is 6. The minimum Gasteiger partial charge on any atom is -0.458 e. The van der Waals surface area contributed by atoms with Gasteiger partial charge in [-0.05, 0) is 86.0 Å². The van der Waals surface area contributed by atoms with Gasteiger partial charge in [0.25, 0.3) is 0 Å². The highest BCUT2D eigenvalue weighted by Gasteiger charge is 2.58. The average Bonchev–Trinajstić information content (AvgIpc) is 3.49. The fraction of sp³-hybridized carbons (Fsp3) is 0.767. The maximum Gasteiger partial charge on any atom is 0.408 e. The van der Waals surface area contributed by atoms with Gasteiger partial charge in [0.15, 0.2) is 11.9 Å². The molecule has 4 aliphatic rings. The maximum atomic E-state index is 14.5. The molecule has 4 heterocycles. The monoisotopic (exact) mass is 816 g/mol. The zero-order chi connectivity index (χ0) is 42.5. The number of hydrogen-bond acceptors (Lipinski definition) is 13. The van der Waals surface area contributed by atoms with Crippen molar-refractivity contribution in [1.29, 1.82) is 0 Å². The number of nitrogens with one attached hydrogen (secondary N) is 3. The van der Waals surface area contributed by atoms with Crippen molar-refractivity contribution in [2.24, 2.45) is 23.7 Å². The van der Waals surface area contributed by atoms with Crippen molar-refractivity contribution in [3.8, 4) is 0 Å². The molecule has 2 bridgehead atoms. The molecule has 0 spiro atoms. The van der Waals surface area contributed by atoms with E-state index in [-0.39, 0.29) is 43.5 Å². The third-order valence-corrected chi connectivity index (χ3v) is 12.9. The number of rotatable bonds is 9. The van der Waals surface area contributed by atoms with Crippen molar-refractivity contribution in [3.63, 3.8) is 0 Å². The second-order valence-electron chi connectivity index (χ2n) is 17.7. The molecule has 4 fully saturated rings. The molecule has 0 aromatic heterocycles. The number of carbonyl (C=O) groups is 4. The van der Waals surface area contributed by atoms with Crippen molar-refractivity contribution in [2.75, 3.05) is 33.8 Å². The van der Waals surface area contributed by atoms with E-state index in [4.69, 9.17) is 28.4 Å². The summed E-state index contributed by atoms with van der Waals surface area (Å²) in [5, 5.41) is 20.9. The van der Waals surface area contributed by atoms with Crippen LogP contribution < -0.4 is 16.0 Å². The highest BCUT2D eigenvalue weighted by Crippen LogP contribution is 2.42.